The van der Waals surface area contributed by atoms with E-state index in [2.05, 4.69) is 14.9 Å². The highest BCUT2D eigenvalue weighted by atomic mass is 16.5. The molecule has 0 spiro atoms. The van der Waals surface area contributed by atoms with Gasteiger partial charge in [-0.25, -0.2) is 9.97 Å². The molecule has 4 nitrogen and oxygen atoms in total. The van der Waals surface area contributed by atoms with Gasteiger partial charge < -0.3 is 4.74 Å². The van der Waals surface area contributed by atoms with Crippen LogP contribution in [0.4, 0.5) is 0 Å². The number of aromatic nitrogens is 2. The molecule has 0 atom stereocenters. The second kappa shape index (κ2) is 5.41. The number of hydrogen-bond donors (Lipinski definition) is 0. The molecule has 0 aromatic carbocycles. The van der Waals surface area contributed by atoms with E-state index in [4.69, 9.17) is 4.74 Å². The summed E-state index contributed by atoms with van der Waals surface area (Å²) in [5, 5.41) is 0. The summed E-state index contributed by atoms with van der Waals surface area (Å²) < 4.78 is 5.49. The van der Waals surface area contributed by atoms with Gasteiger partial charge in [-0.05, 0) is 37.7 Å². The Morgan fingerprint density at radius 2 is 1.80 bits per heavy atom. The minimum absolute atomic E-state index is 0.718. The lowest BCUT2D eigenvalue weighted by Crippen LogP contribution is -2.40. The van der Waals surface area contributed by atoms with Gasteiger partial charge >= 0.3 is 0 Å². The van der Waals surface area contributed by atoms with E-state index in [-0.39, 0.29) is 0 Å². The van der Waals surface area contributed by atoms with Gasteiger partial charge in [-0.3, -0.25) is 4.90 Å². The van der Waals surface area contributed by atoms with Gasteiger partial charge in [0, 0.05) is 50.4 Å². The van der Waals surface area contributed by atoms with Crippen LogP contribution in [0.5, 0.6) is 0 Å². The smallest absolute Gasteiger partial charge is 0.115 e. The van der Waals surface area contributed by atoms with Crippen LogP contribution in [0.25, 0.3) is 0 Å². The molecule has 3 aliphatic rings. The molecule has 2 fully saturated rings. The van der Waals surface area contributed by atoms with E-state index in [1.807, 2.05) is 0 Å². The SMILES string of the molecule is c1nc2c(c(C3CC3)n1)CCN(C1CCOCC1)CC2. The van der Waals surface area contributed by atoms with Gasteiger partial charge in [0.25, 0.3) is 0 Å². The third kappa shape index (κ3) is 2.47. The fourth-order valence-electron chi connectivity index (χ4n) is 3.69. The van der Waals surface area contributed by atoms with Gasteiger partial charge in [-0.15, -0.1) is 0 Å². The Kier molecular flexibility index (Phi) is 3.44. The molecule has 0 unspecified atom stereocenters. The molecule has 1 saturated heterocycles. The molecule has 1 aliphatic carbocycles. The molecule has 4 heteroatoms. The Balaban J connectivity index is 1.52. The topological polar surface area (TPSA) is 38.2 Å². The summed E-state index contributed by atoms with van der Waals surface area (Å²) in [4.78, 5) is 11.8. The Morgan fingerprint density at radius 1 is 1.00 bits per heavy atom. The highest BCUT2D eigenvalue weighted by Crippen LogP contribution is 2.41. The van der Waals surface area contributed by atoms with E-state index in [0.717, 1.165) is 44.6 Å². The molecule has 3 heterocycles. The number of nitrogens with zero attached hydrogens (tertiary/aromatic N) is 3. The average Bonchev–Trinajstić information content (AvgIpc) is 3.34. The molecule has 0 bridgehead atoms. The normalized spacial score (nSPS) is 25.2. The first-order valence-electron chi connectivity index (χ1n) is 8.06. The van der Waals surface area contributed by atoms with Crippen LogP contribution in [0.15, 0.2) is 6.33 Å². The predicted molar refractivity (Wildman–Crippen MR) is 76.8 cm³/mol. The van der Waals surface area contributed by atoms with Crippen molar-refractivity contribution >= 4 is 0 Å². The van der Waals surface area contributed by atoms with Crippen molar-refractivity contribution in [2.75, 3.05) is 26.3 Å². The van der Waals surface area contributed by atoms with Crippen LogP contribution in [-0.4, -0.2) is 47.2 Å². The minimum Gasteiger partial charge on any atom is -0.381 e. The van der Waals surface area contributed by atoms with Gasteiger partial charge in [-0.1, -0.05) is 0 Å². The van der Waals surface area contributed by atoms with Crippen molar-refractivity contribution in [1.82, 2.24) is 14.9 Å². The Hall–Kier alpha value is -1.00. The predicted octanol–water partition coefficient (Wildman–Crippen LogP) is 1.93. The molecule has 1 aromatic heterocycles. The quantitative estimate of drug-likeness (QED) is 0.825. The van der Waals surface area contributed by atoms with Crippen molar-refractivity contribution in [2.24, 2.45) is 0 Å². The van der Waals surface area contributed by atoms with Crippen LogP contribution in [0, 0.1) is 0 Å². The highest BCUT2D eigenvalue weighted by molar-refractivity contribution is 5.31. The van der Waals surface area contributed by atoms with Crippen molar-refractivity contribution in [3.63, 3.8) is 0 Å². The summed E-state index contributed by atoms with van der Waals surface area (Å²) in [5.41, 5.74) is 4.16. The second-order valence-corrected chi connectivity index (χ2v) is 6.34. The maximum atomic E-state index is 5.49. The largest absolute Gasteiger partial charge is 0.381 e. The Morgan fingerprint density at radius 3 is 2.60 bits per heavy atom. The number of ether oxygens (including phenoxy) is 1. The third-order valence-corrected chi connectivity index (χ3v) is 5.02. The number of hydrogen-bond acceptors (Lipinski definition) is 4. The zero-order valence-corrected chi connectivity index (χ0v) is 12.1. The molecule has 0 N–H and O–H groups in total. The maximum absolute atomic E-state index is 5.49. The van der Waals surface area contributed by atoms with Crippen LogP contribution in [-0.2, 0) is 17.6 Å². The summed E-state index contributed by atoms with van der Waals surface area (Å²) in [6, 6.07) is 0.718. The molecule has 0 amide bonds. The molecule has 20 heavy (non-hydrogen) atoms. The number of fused-ring (bicyclic) bond motifs is 1. The Labute approximate surface area is 120 Å². The molecule has 2 aliphatic heterocycles. The van der Waals surface area contributed by atoms with E-state index in [9.17, 15) is 0 Å². The first kappa shape index (κ1) is 12.7. The van der Waals surface area contributed by atoms with E-state index < -0.39 is 0 Å². The molecule has 0 radical (unpaired) electrons. The lowest BCUT2D eigenvalue weighted by Gasteiger charge is -2.33. The minimum atomic E-state index is 0.718. The molecule has 4 rings (SSSR count). The molecule has 1 saturated carbocycles. The van der Waals surface area contributed by atoms with Crippen LogP contribution in [0.2, 0.25) is 0 Å². The summed E-state index contributed by atoms with van der Waals surface area (Å²) in [5.74, 6) is 0.737. The van der Waals surface area contributed by atoms with Crippen molar-refractivity contribution in [2.45, 2.75) is 50.5 Å². The Bertz CT molecular complexity index is 481. The van der Waals surface area contributed by atoms with Crippen LogP contribution >= 0.6 is 0 Å². The van der Waals surface area contributed by atoms with Crippen LogP contribution < -0.4 is 0 Å². The zero-order valence-electron chi connectivity index (χ0n) is 12.1. The van der Waals surface area contributed by atoms with Crippen LogP contribution in [0.1, 0.15) is 48.6 Å². The monoisotopic (exact) mass is 273 g/mol. The summed E-state index contributed by atoms with van der Waals surface area (Å²) in [6.07, 6.45) is 9.06. The van der Waals surface area contributed by atoms with Crippen molar-refractivity contribution in [3.05, 3.63) is 23.3 Å². The third-order valence-electron chi connectivity index (χ3n) is 5.02. The van der Waals surface area contributed by atoms with E-state index in [1.165, 1.54) is 49.2 Å². The molecular weight excluding hydrogens is 250 g/mol. The number of rotatable bonds is 2. The van der Waals surface area contributed by atoms with Gasteiger partial charge in [0.15, 0.2) is 0 Å². The highest BCUT2D eigenvalue weighted by Gasteiger charge is 2.31. The van der Waals surface area contributed by atoms with E-state index in [0.29, 0.717) is 0 Å². The lowest BCUT2D eigenvalue weighted by molar-refractivity contribution is 0.0355. The van der Waals surface area contributed by atoms with Crippen LogP contribution in [0.3, 0.4) is 0 Å². The summed E-state index contributed by atoms with van der Waals surface area (Å²) >= 11 is 0. The van der Waals surface area contributed by atoms with Crippen molar-refractivity contribution < 1.29 is 4.74 Å². The van der Waals surface area contributed by atoms with E-state index >= 15 is 0 Å². The lowest BCUT2D eigenvalue weighted by atomic mass is 10.0. The van der Waals surface area contributed by atoms with Crippen molar-refractivity contribution in [3.8, 4) is 0 Å². The van der Waals surface area contributed by atoms with Gasteiger partial charge in [0.2, 0.25) is 0 Å². The van der Waals surface area contributed by atoms with Gasteiger partial charge in [0.05, 0.1) is 5.69 Å². The van der Waals surface area contributed by atoms with Gasteiger partial charge in [-0.2, -0.15) is 0 Å². The van der Waals surface area contributed by atoms with Gasteiger partial charge in [0.1, 0.15) is 6.33 Å². The fraction of sp³-hybridized carbons (Fsp3) is 0.750. The molecule has 108 valence electrons. The second-order valence-electron chi connectivity index (χ2n) is 6.34. The first-order valence-corrected chi connectivity index (χ1v) is 8.06. The zero-order chi connectivity index (χ0) is 13.4. The standard InChI is InChI=1S/C16H23N3O/c1-2-12(1)16-14-3-7-19(13-5-9-20-10-6-13)8-4-15(14)17-11-18-16/h11-13H,1-10H2. The first-order chi connectivity index (χ1) is 9.92. The molecular formula is C16H23N3O. The average molecular weight is 273 g/mol. The summed E-state index contributed by atoms with van der Waals surface area (Å²) in [6.45, 7) is 4.19. The maximum Gasteiger partial charge on any atom is 0.115 e. The fourth-order valence-corrected chi connectivity index (χ4v) is 3.69. The van der Waals surface area contributed by atoms with Crippen molar-refractivity contribution in [1.29, 1.82) is 0 Å². The van der Waals surface area contributed by atoms with E-state index in [1.54, 1.807) is 6.33 Å². The summed E-state index contributed by atoms with van der Waals surface area (Å²) in [7, 11) is 0. The molecule has 1 aromatic rings.